The van der Waals surface area contributed by atoms with Gasteiger partial charge in [0.05, 0.1) is 27.7 Å². The molecule has 0 rings (SSSR count). The zero-order valence-corrected chi connectivity index (χ0v) is 8.45. The van der Waals surface area contributed by atoms with Gasteiger partial charge in [-0.1, -0.05) is 5.16 Å². The fourth-order valence-corrected chi connectivity index (χ4v) is 0.863. The lowest BCUT2D eigenvalue weighted by molar-refractivity contribution is -0.870. The summed E-state index contributed by atoms with van der Waals surface area (Å²) in [5, 5.41) is 13.2. The van der Waals surface area contributed by atoms with Crippen LogP contribution in [0.15, 0.2) is 5.16 Å². The van der Waals surface area contributed by atoms with Gasteiger partial charge in [-0.3, -0.25) is 4.79 Å². The molecule has 0 aliphatic heterocycles. The Balaban J connectivity index is 3.41. The summed E-state index contributed by atoms with van der Waals surface area (Å²) in [6, 6.07) is 0. The lowest BCUT2D eigenvalue weighted by atomic mass is 10.3. The Morgan fingerprint density at radius 3 is 2.62 bits per heavy atom. The molecule has 0 aromatic rings. The van der Waals surface area contributed by atoms with Gasteiger partial charge in [0.1, 0.15) is 6.21 Å². The number of hydrogen-bond acceptors (Lipinski definition) is 3. The van der Waals surface area contributed by atoms with Crippen LogP contribution in [0.3, 0.4) is 0 Å². The van der Waals surface area contributed by atoms with E-state index in [1.807, 2.05) is 0 Å². The molecule has 0 unspecified atom stereocenters. The van der Waals surface area contributed by atoms with Gasteiger partial charge >= 0.3 is 0 Å². The van der Waals surface area contributed by atoms with Crippen LogP contribution in [-0.4, -0.2) is 56.0 Å². The first-order valence-electron chi connectivity index (χ1n) is 4.21. The Morgan fingerprint density at radius 2 is 2.15 bits per heavy atom. The molecule has 0 fully saturated rings. The molecule has 0 aliphatic rings. The molecule has 1 amide bonds. The lowest BCUT2D eigenvalue weighted by Crippen LogP contribution is -2.37. The van der Waals surface area contributed by atoms with Crippen LogP contribution >= 0.6 is 0 Å². The minimum Gasteiger partial charge on any atom is -0.411 e. The molecule has 0 saturated heterocycles. The Kier molecular flexibility index (Phi) is 5.06. The van der Waals surface area contributed by atoms with Crippen LogP contribution in [0.2, 0.25) is 0 Å². The van der Waals surface area contributed by atoms with Crippen molar-refractivity contribution < 1.29 is 14.5 Å². The smallest absolute Gasteiger partial charge is 0.265 e. The Morgan fingerprint density at radius 1 is 1.54 bits per heavy atom. The third kappa shape index (κ3) is 8.81. The average molecular weight is 188 g/mol. The summed E-state index contributed by atoms with van der Waals surface area (Å²) >= 11 is 0. The second-order valence-electron chi connectivity index (χ2n) is 3.90. The molecule has 0 aliphatic carbocycles. The zero-order valence-electron chi connectivity index (χ0n) is 8.45. The standard InChI is InChI=1S/C8H17N3O2/c1-11(2,3)6-4-5-9-8(12)7-10-13/h7H,4-6H2,1-3H3,(H-,9,12,13)/p+1. The molecule has 2 N–H and O–H groups in total. The fourth-order valence-electron chi connectivity index (χ4n) is 0.863. The van der Waals surface area contributed by atoms with Crippen molar-refractivity contribution in [1.82, 2.24) is 5.32 Å². The maximum absolute atomic E-state index is 10.7. The van der Waals surface area contributed by atoms with E-state index in [0.717, 1.165) is 23.7 Å². The van der Waals surface area contributed by atoms with Crippen molar-refractivity contribution in [2.75, 3.05) is 34.2 Å². The number of nitrogens with zero attached hydrogens (tertiary/aromatic N) is 2. The summed E-state index contributed by atoms with van der Waals surface area (Å²) in [6.45, 7) is 1.61. The zero-order chi connectivity index (χ0) is 10.3. The number of oxime groups is 1. The molecule has 0 aromatic heterocycles. The topological polar surface area (TPSA) is 61.7 Å². The van der Waals surface area contributed by atoms with Crippen LogP contribution in [-0.2, 0) is 4.79 Å². The predicted octanol–water partition coefficient (Wildman–Crippen LogP) is -0.341. The van der Waals surface area contributed by atoms with Crippen LogP contribution in [0.4, 0.5) is 0 Å². The molecule has 0 spiro atoms. The van der Waals surface area contributed by atoms with Gasteiger partial charge in [-0.25, -0.2) is 0 Å². The molecule has 0 bridgehead atoms. The van der Waals surface area contributed by atoms with E-state index in [0.29, 0.717) is 6.54 Å². The van der Waals surface area contributed by atoms with Gasteiger partial charge in [-0.2, -0.15) is 0 Å². The van der Waals surface area contributed by atoms with Crippen LogP contribution in [0.5, 0.6) is 0 Å². The molecule has 0 aromatic carbocycles. The van der Waals surface area contributed by atoms with Gasteiger partial charge < -0.3 is 15.0 Å². The minimum atomic E-state index is -0.357. The van der Waals surface area contributed by atoms with Crippen LogP contribution in [0.1, 0.15) is 6.42 Å². The second kappa shape index (κ2) is 5.53. The highest BCUT2D eigenvalue weighted by Crippen LogP contribution is 1.91. The van der Waals surface area contributed by atoms with Crippen molar-refractivity contribution in [3.63, 3.8) is 0 Å². The van der Waals surface area contributed by atoms with E-state index < -0.39 is 0 Å². The number of quaternary nitrogens is 1. The van der Waals surface area contributed by atoms with E-state index in [2.05, 4.69) is 31.6 Å². The van der Waals surface area contributed by atoms with E-state index in [9.17, 15) is 4.79 Å². The monoisotopic (exact) mass is 188 g/mol. The third-order valence-electron chi connectivity index (χ3n) is 1.48. The molecule has 0 heterocycles. The SMILES string of the molecule is C[N+](C)(C)CCCNC(=O)/C=N/O. The molecule has 0 radical (unpaired) electrons. The van der Waals surface area contributed by atoms with Gasteiger partial charge in [0, 0.05) is 13.0 Å². The van der Waals surface area contributed by atoms with Gasteiger partial charge in [0.15, 0.2) is 0 Å². The Labute approximate surface area is 78.6 Å². The molecule has 0 saturated carbocycles. The summed E-state index contributed by atoms with van der Waals surface area (Å²) < 4.78 is 0.879. The van der Waals surface area contributed by atoms with Crippen molar-refractivity contribution >= 4 is 12.1 Å². The van der Waals surface area contributed by atoms with Gasteiger partial charge in [-0.05, 0) is 0 Å². The fraction of sp³-hybridized carbons (Fsp3) is 0.750. The number of rotatable bonds is 5. The maximum atomic E-state index is 10.7. The highest BCUT2D eigenvalue weighted by molar-refractivity contribution is 6.25. The molecule has 13 heavy (non-hydrogen) atoms. The predicted molar refractivity (Wildman–Crippen MR) is 50.8 cm³/mol. The van der Waals surface area contributed by atoms with E-state index in [1.165, 1.54) is 0 Å². The van der Waals surface area contributed by atoms with Gasteiger partial charge in [0.25, 0.3) is 5.91 Å². The summed E-state index contributed by atoms with van der Waals surface area (Å²) in [7, 11) is 6.28. The average Bonchev–Trinajstić information content (AvgIpc) is 1.97. The van der Waals surface area contributed by atoms with Crippen LogP contribution in [0.25, 0.3) is 0 Å². The minimum absolute atomic E-state index is 0.357. The first-order valence-corrected chi connectivity index (χ1v) is 4.21. The van der Waals surface area contributed by atoms with Crippen molar-refractivity contribution in [2.24, 2.45) is 5.16 Å². The largest absolute Gasteiger partial charge is 0.411 e. The normalized spacial score (nSPS) is 11.9. The number of amides is 1. The van der Waals surface area contributed by atoms with E-state index in [4.69, 9.17) is 5.21 Å². The van der Waals surface area contributed by atoms with Gasteiger partial charge in [0.2, 0.25) is 0 Å². The first-order chi connectivity index (χ1) is 5.95. The van der Waals surface area contributed by atoms with Crippen LogP contribution < -0.4 is 5.32 Å². The van der Waals surface area contributed by atoms with Crippen LogP contribution in [0, 0.1) is 0 Å². The molecule has 0 atom stereocenters. The molecule has 5 nitrogen and oxygen atoms in total. The molecular weight excluding hydrogens is 170 g/mol. The van der Waals surface area contributed by atoms with Crippen molar-refractivity contribution in [3.05, 3.63) is 0 Å². The van der Waals surface area contributed by atoms with Crippen molar-refractivity contribution in [2.45, 2.75) is 6.42 Å². The maximum Gasteiger partial charge on any atom is 0.265 e. The summed E-state index contributed by atoms with van der Waals surface area (Å²) in [5.74, 6) is -0.357. The highest BCUT2D eigenvalue weighted by Gasteiger charge is 2.05. The number of hydrogen-bond donors (Lipinski definition) is 2. The summed E-state index contributed by atoms with van der Waals surface area (Å²) in [4.78, 5) is 10.7. The number of carbonyl (C=O) groups is 1. The summed E-state index contributed by atoms with van der Waals surface area (Å²) in [5.41, 5.74) is 0. The Hall–Kier alpha value is -1.10. The Bertz CT molecular complexity index is 184. The second-order valence-corrected chi connectivity index (χ2v) is 3.90. The van der Waals surface area contributed by atoms with Gasteiger partial charge in [-0.15, -0.1) is 0 Å². The third-order valence-corrected chi connectivity index (χ3v) is 1.48. The van der Waals surface area contributed by atoms with Crippen molar-refractivity contribution in [3.8, 4) is 0 Å². The van der Waals surface area contributed by atoms with E-state index in [1.54, 1.807) is 0 Å². The van der Waals surface area contributed by atoms with Crippen molar-refractivity contribution in [1.29, 1.82) is 0 Å². The molecule has 76 valence electrons. The lowest BCUT2D eigenvalue weighted by Gasteiger charge is -2.23. The number of nitrogens with one attached hydrogen (secondary N) is 1. The van der Waals surface area contributed by atoms with E-state index >= 15 is 0 Å². The quantitative estimate of drug-likeness (QED) is 0.204. The first kappa shape index (κ1) is 11.9. The number of carbonyl (C=O) groups excluding carboxylic acids is 1. The summed E-state index contributed by atoms with van der Waals surface area (Å²) in [6.07, 6.45) is 1.76. The molecular formula is C8H18N3O2+. The molecule has 5 heteroatoms. The highest BCUT2D eigenvalue weighted by atomic mass is 16.4. The van der Waals surface area contributed by atoms with E-state index in [-0.39, 0.29) is 5.91 Å².